The van der Waals surface area contributed by atoms with Gasteiger partial charge in [0.1, 0.15) is 0 Å². The van der Waals surface area contributed by atoms with Gasteiger partial charge in [-0.05, 0) is 58.6 Å². The molecular weight excluding hydrogens is 400 g/mol. The van der Waals surface area contributed by atoms with Crippen LogP contribution in [0, 0.1) is 5.92 Å². The second-order valence-corrected chi connectivity index (χ2v) is 7.32. The molecule has 1 amide bonds. The number of aliphatic carboxylic acids is 1. The largest absolute Gasteiger partial charge is 0.481 e. The lowest BCUT2D eigenvalue weighted by Gasteiger charge is -2.32. The molecule has 0 bridgehead atoms. The minimum Gasteiger partial charge on any atom is -0.481 e. The number of hydrogen-bond acceptors (Lipinski definition) is 4. The molecule has 0 atom stereocenters. The van der Waals surface area contributed by atoms with E-state index < -0.39 is 5.97 Å². The molecule has 0 saturated carbocycles. The van der Waals surface area contributed by atoms with E-state index in [-0.39, 0.29) is 11.8 Å². The molecule has 3 rings (SSSR count). The van der Waals surface area contributed by atoms with E-state index in [4.69, 9.17) is 9.52 Å². The summed E-state index contributed by atoms with van der Waals surface area (Å²) in [7, 11) is 1.74. The average Bonchev–Trinajstić information content (AvgIpc) is 3.07. The van der Waals surface area contributed by atoms with Gasteiger partial charge in [-0.1, -0.05) is 12.1 Å². The Bertz CT molecular complexity index is 796. The highest BCUT2D eigenvalue weighted by Gasteiger charge is 2.24. The fraction of sp³-hybridized carbons (Fsp3) is 0.368. The van der Waals surface area contributed by atoms with Gasteiger partial charge in [-0.25, -0.2) is 0 Å². The third-order valence-electron chi connectivity index (χ3n) is 4.67. The van der Waals surface area contributed by atoms with Crippen molar-refractivity contribution in [3.8, 4) is 0 Å². The lowest BCUT2D eigenvalue weighted by Crippen LogP contribution is -2.36. The van der Waals surface area contributed by atoms with Crippen LogP contribution < -0.4 is 4.90 Å². The van der Waals surface area contributed by atoms with Crippen molar-refractivity contribution in [2.24, 2.45) is 5.92 Å². The SMILES string of the molecule is CN(Cc1cccc(N2CCC(C(=O)O)CC2)c1)C(=O)c1ccc(Br)o1. The van der Waals surface area contributed by atoms with Crippen LogP contribution in [0.4, 0.5) is 5.69 Å². The molecule has 0 aliphatic carbocycles. The predicted octanol–water partition coefficient (Wildman–Crippen LogP) is 3.62. The second-order valence-electron chi connectivity index (χ2n) is 6.53. The average molecular weight is 421 g/mol. The quantitative estimate of drug-likeness (QED) is 0.799. The van der Waals surface area contributed by atoms with Crippen LogP contribution in [-0.4, -0.2) is 42.0 Å². The van der Waals surface area contributed by atoms with Crippen molar-refractivity contribution >= 4 is 33.5 Å². The van der Waals surface area contributed by atoms with Gasteiger partial charge in [-0.3, -0.25) is 9.59 Å². The predicted molar refractivity (Wildman–Crippen MR) is 101 cm³/mol. The maximum absolute atomic E-state index is 12.4. The van der Waals surface area contributed by atoms with Gasteiger partial charge in [0.2, 0.25) is 0 Å². The Kier molecular flexibility index (Phi) is 5.66. The zero-order chi connectivity index (χ0) is 18.7. The van der Waals surface area contributed by atoms with Crippen LogP contribution in [0.25, 0.3) is 0 Å². The lowest BCUT2D eigenvalue weighted by molar-refractivity contribution is -0.142. The molecule has 1 saturated heterocycles. The van der Waals surface area contributed by atoms with Crippen LogP contribution in [0.1, 0.15) is 29.0 Å². The Morgan fingerprint density at radius 2 is 2.00 bits per heavy atom. The first-order chi connectivity index (χ1) is 12.4. The molecule has 6 nitrogen and oxygen atoms in total. The van der Waals surface area contributed by atoms with E-state index in [1.165, 1.54) is 0 Å². The summed E-state index contributed by atoms with van der Waals surface area (Å²) in [6.07, 6.45) is 1.32. The summed E-state index contributed by atoms with van der Waals surface area (Å²) in [4.78, 5) is 27.3. The maximum Gasteiger partial charge on any atom is 0.306 e. The van der Waals surface area contributed by atoms with Gasteiger partial charge in [0.25, 0.3) is 5.91 Å². The number of nitrogens with zero attached hydrogens (tertiary/aromatic N) is 2. The Morgan fingerprint density at radius 3 is 2.62 bits per heavy atom. The molecule has 138 valence electrons. The topological polar surface area (TPSA) is 74.0 Å². The first kappa shape index (κ1) is 18.5. The van der Waals surface area contributed by atoms with E-state index >= 15 is 0 Å². The Hall–Kier alpha value is -2.28. The van der Waals surface area contributed by atoms with Gasteiger partial charge >= 0.3 is 5.97 Å². The molecule has 1 aliphatic rings. The molecule has 0 unspecified atom stereocenters. The molecule has 7 heteroatoms. The van der Waals surface area contributed by atoms with Gasteiger partial charge in [-0.15, -0.1) is 0 Å². The van der Waals surface area contributed by atoms with Crippen LogP contribution >= 0.6 is 15.9 Å². The van der Waals surface area contributed by atoms with E-state index in [1.807, 2.05) is 18.2 Å². The fourth-order valence-corrected chi connectivity index (χ4v) is 3.51. The zero-order valence-corrected chi connectivity index (χ0v) is 16.1. The number of amides is 1. The number of carbonyl (C=O) groups is 2. The van der Waals surface area contributed by atoms with Crippen molar-refractivity contribution in [3.63, 3.8) is 0 Å². The molecule has 1 aromatic carbocycles. The van der Waals surface area contributed by atoms with Crippen molar-refractivity contribution in [1.82, 2.24) is 4.90 Å². The summed E-state index contributed by atoms with van der Waals surface area (Å²) in [6, 6.07) is 11.4. The van der Waals surface area contributed by atoms with Gasteiger partial charge in [0.05, 0.1) is 5.92 Å². The molecule has 2 aromatic rings. The molecule has 1 N–H and O–H groups in total. The molecule has 26 heavy (non-hydrogen) atoms. The first-order valence-electron chi connectivity index (χ1n) is 8.51. The molecular formula is C19H21BrN2O4. The molecule has 2 heterocycles. The standard InChI is InChI=1S/C19H21BrN2O4/c1-21(18(23)16-5-6-17(20)26-16)12-13-3-2-4-15(11-13)22-9-7-14(8-10-22)19(24)25/h2-6,11,14H,7-10,12H2,1H3,(H,24,25). The third-order valence-corrected chi connectivity index (χ3v) is 5.10. The number of benzene rings is 1. The van der Waals surface area contributed by atoms with E-state index in [2.05, 4.69) is 26.9 Å². The van der Waals surface area contributed by atoms with E-state index in [0.29, 0.717) is 29.8 Å². The number of rotatable bonds is 5. The van der Waals surface area contributed by atoms with E-state index in [1.54, 1.807) is 24.1 Å². The maximum atomic E-state index is 12.4. The van der Waals surface area contributed by atoms with Gasteiger partial charge < -0.3 is 19.3 Å². The van der Waals surface area contributed by atoms with Crippen LogP contribution in [0.2, 0.25) is 0 Å². The molecule has 1 aromatic heterocycles. The summed E-state index contributed by atoms with van der Waals surface area (Å²) >= 11 is 3.20. The smallest absolute Gasteiger partial charge is 0.306 e. The third kappa shape index (κ3) is 4.27. The fourth-order valence-electron chi connectivity index (χ4n) is 3.20. The Balaban J connectivity index is 1.64. The monoisotopic (exact) mass is 420 g/mol. The number of hydrogen-bond donors (Lipinski definition) is 1. The van der Waals surface area contributed by atoms with Gasteiger partial charge in [-0.2, -0.15) is 0 Å². The van der Waals surface area contributed by atoms with Crippen molar-refractivity contribution in [2.75, 3.05) is 25.0 Å². The number of furan rings is 1. The van der Waals surface area contributed by atoms with Crippen LogP contribution in [0.5, 0.6) is 0 Å². The normalized spacial score (nSPS) is 15.1. The molecule has 1 fully saturated rings. The summed E-state index contributed by atoms with van der Waals surface area (Å²) in [5, 5.41) is 9.12. The molecule has 0 radical (unpaired) electrons. The number of carboxylic acid groups (broad SMARTS) is 1. The number of piperidine rings is 1. The van der Waals surface area contributed by atoms with Crippen molar-refractivity contribution in [2.45, 2.75) is 19.4 Å². The van der Waals surface area contributed by atoms with E-state index in [9.17, 15) is 9.59 Å². The Morgan fingerprint density at radius 1 is 1.27 bits per heavy atom. The van der Waals surface area contributed by atoms with Crippen LogP contribution in [0.3, 0.4) is 0 Å². The second kappa shape index (κ2) is 7.95. The summed E-state index contributed by atoms with van der Waals surface area (Å²) in [5.41, 5.74) is 2.08. The number of anilines is 1. The minimum atomic E-state index is -0.705. The number of carboxylic acids is 1. The van der Waals surface area contributed by atoms with Crippen molar-refractivity contribution in [1.29, 1.82) is 0 Å². The molecule has 1 aliphatic heterocycles. The lowest BCUT2D eigenvalue weighted by atomic mass is 9.96. The van der Waals surface area contributed by atoms with Gasteiger partial charge in [0.15, 0.2) is 10.4 Å². The summed E-state index contributed by atoms with van der Waals surface area (Å²) < 4.78 is 5.85. The number of halogens is 1. The van der Waals surface area contributed by atoms with Crippen LogP contribution in [0.15, 0.2) is 45.5 Å². The highest BCUT2D eigenvalue weighted by Crippen LogP contribution is 2.25. The minimum absolute atomic E-state index is 0.177. The number of carbonyl (C=O) groups excluding carboxylic acids is 1. The Labute approximate surface area is 160 Å². The van der Waals surface area contributed by atoms with E-state index in [0.717, 1.165) is 24.3 Å². The van der Waals surface area contributed by atoms with Gasteiger partial charge in [0, 0.05) is 32.4 Å². The molecule has 0 spiro atoms. The first-order valence-corrected chi connectivity index (χ1v) is 9.31. The van der Waals surface area contributed by atoms with Crippen molar-refractivity contribution in [3.05, 3.63) is 52.4 Å². The highest BCUT2D eigenvalue weighted by molar-refractivity contribution is 9.10. The summed E-state index contributed by atoms with van der Waals surface area (Å²) in [5.74, 6) is -0.830. The summed E-state index contributed by atoms with van der Waals surface area (Å²) in [6.45, 7) is 1.93. The highest BCUT2D eigenvalue weighted by atomic mass is 79.9. The van der Waals surface area contributed by atoms with Crippen LogP contribution in [-0.2, 0) is 11.3 Å². The van der Waals surface area contributed by atoms with Crippen molar-refractivity contribution < 1.29 is 19.1 Å². The zero-order valence-electron chi connectivity index (χ0n) is 14.5.